The first kappa shape index (κ1) is 10.4. The summed E-state index contributed by atoms with van der Waals surface area (Å²) in [5.41, 5.74) is 2.27. The maximum Gasteiger partial charge on any atom is 0.0406 e. The van der Waals surface area contributed by atoms with Gasteiger partial charge in [0.05, 0.1) is 0 Å². The highest BCUT2D eigenvalue weighted by Gasteiger charge is 1.89. The average Bonchev–Trinajstić information content (AvgIpc) is 2.05. The lowest BCUT2D eigenvalue weighted by atomic mass is 10.2. The van der Waals surface area contributed by atoms with Gasteiger partial charge in [0.15, 0.2) is 0 Å². The van der Waals surface area contributed by atoms with Crippen molar-refractivity contribution in [3.63, 3.8) is 0 Å². The fraction of sp³-hybridized carbons (Fsp3) is 0.222. The molecule has 1 rings (SSSR count). The molecule has 1 aromatic rings. The Hall–Kier alpha value is -0.630. The minimum absolute atomic E-state index is 0. The molecule has 0 fully saturated rings. The third-order valence-electron chi connectivity index (χ3n) is 1.44. The van der Waals surface area contributed by atoms with Crippen LogP contribution in [0.15, 0.2) is 24.9 Å². The Morgan fingerprint density at radius 2 is 2.36 bits per heavy atom. The summed E-state index contributed by atoms with van der Waals surface area (Å²) in [6.45, 7) is 5.77. The van der Waals surface area contributed by atoms with Crippen LogP contribution in [0.4, 0.5) is 0 Å². The van der Waals surface area contributed by atoms with E-state index in [0.717, 1.165) is 17.7 Å². The zero-order valence-electron chi connectivity index (χ0n) is 6.58. The lowest BCUT2D eigenvalue weighted by Crippen LogP contribution is -1.85. The summed E-state index contributed by atoms with van der Waals surface area (Å²) in [6, 6.07) is 4.00. The summed E-state index contributed by atoms with van der Waals surface area (Å²) in [7, 11) is 0. The molecule has 11 heavy (non-hydrogen) atoms. The van der Waals surface area contributed by atoms with Gasteiger partial charge in [-0.3, -0.25) is 4.98 Å². The van der Waals surface area contributed by atoms with Gasteiger partial charge in [0.2, 0.25) is 0 Å². The van der Waals surface area contributed by atoms with Crippen molar-refractivity contribution in [3.8, 4) is 0 Å². The van der Waals surface area contributed by atoms with Crippen LogP contribution in [0.25, 0.3) is 6.08 Å². The van der Waals surface area contributed by atoms with E-state index >= 15 is 0 Å². The first-order valence-electron chi connectivity index (χ1n) is 3.44. The molecule has 0 radical (unpaired) electrons. The van der Waals surface area contributed by atoms with Crippen molar-refractivity contribution in [1.82, 2.24) is 4.98 Å². The first-order chi connectivity index (χ1) is 4.86. The zero-order valence-corrected chi connectivity index (χ0v) is 8.29. The molecule has 0 saturated heterocycles. The van der Waals surface area contributed by atoms with Crippen LogP contribution in [0.2, 0.25) is 0 Å². The Balaban J connectivity index is 0.000001000. The third-order valence-corrected chi connectivity index (χ3v) is 1.44. The molecule has 1 heterocycles. The molecular formula is C9H12BrN. The monoisotopic (exact) mass is 213 g/mol. The lowest BCUT2D eigenvalue weighted by Gasteiger charge is -1.95. The van der Waals surface area contributed by atoms with E-state index < -0.39 is 0 Å². The second-order valence-electron chi connectivity index (χ2n) is 2.14. The van der Waals surface area contributed by atoms with Crippen molar-refractivity contribution in [1.29, 1.82) is 0 Å². The number of hydrogen-bond donors (Lipinski definition) is 0. The quantitative estimate of drug-likeness (QED) is 0.737. The fourth-order valence-electron chi connectivity index (χ4n) is 0.817. The summed E-state index contributed by atoms with van der Waals surface area (Å²) < 4.78 is 0. The minimum Gasteiger partial charge on any atom is -0.261 e. The number of nitrogens with zero attached hydrogens (tertiary/aromatic N) is 1. The Morgan fingerprint density at radius 1 is 1.64 bits per heavy atom. The van der Waals surface area contributed by atoms with Crippen molar-refractivity contribution in [2.45, 2.75) is 13.3 Å². The molecule has 60 valence electrons. The van der Waals surface area contributed by atoms with E-state index in [-0.39, 0.29) is 17.0 Å². The number of halogens is 1. The molecule has 0 amide bonds. The first-order valence-corrected chi connectivity index (χ1v) is 3.44. The van der Waals surface area contributed by atoms with Crippen LogP contribution in [-0.4, -0.2) is 4.98 Å². The molecule has 0 aliphatic carbocycles. The maximum atomic E-state index is 4.16. The molecule has 0 bridgehead atoms. The molecule has 2 heteroatoms. The largest absolute Gasteiger partial charge is 0.261 e. The van der Waals surface area contributed by atoms with Crippen LogP contribution in [-0.2, 0) is 6.42 Å². The third kappa shape index (κ3) is 2.85. The maximum absolute atomic E-state index is 4.16. The number of aromatic nitrogens is 1. The topological polar surface area (TPSA) is 12.9 Å². The van der Waals surface area contributed by atoms with Gasteiger partial charge in [0, 0.05) is 11.9 Å². The highest BCUT2D eigenvalue weighted by Crippen LogP contribution is 2.02. The highest BCUT2D eigenvalue weighted by molar-refractivity contribution is 8.93. The van der Waals surface area contributed by atoms with Crippen LogP contribution in [0.1, 0.15) is 18.2 Å². The number of pyridine rings is 1. The Morgan fingerprint density at radius 3 is 2.91 bits per heavy atom. The zero-order chi connectivity index (χ0) is 7.40. The molecule has 0 N–H and O–H groups in total. The second-order valence-corrected chi connectivity index (χ2v) is 2.14. The molecule has 0 spiro atoms. The molecular weight excluding hydrogens is 202 g/mol. The van der Waals surface area contributed by atoms with Crippen LogP contribution in [0, 0.1) is 0 Å². The number of hydrogen-bond acceptors (Lipinski definition) is 1. The Kier molecular flexibility index (Phi) is 4.79. The van der Waals surface area contributed by atoms with Gasteiger partial charge in [-0.15, -0.1) is 17.0 Å². The van der Waals surface area contributed by atoms with Crippen LogP contribution >= 0.6 is 17.0 Å². The molecule has 0 unspecified atom stereocenters. The Bertz CT molecular complexity index is 233. The van der Waals surface area contributed by atoms with E-state index in [9.17, 15) is 0 Å². The number of rotatable bonds is 2. The fourth-order valence-corrected chi connectivity index (χ4v) is 0.817. The number of aryl methyl sites for hydroxylation is 1. The van der Waals surface area contributed by atoms with Crippen molar-refractivity contribution in [3.05, 3.63) is 36.2 Å². The smallest absolute Gasteiger partial charge is 0.0406 e. The summed E-state index contributed by atoms with van der Waals surface area (Å²) >= 11 is 0. The average molecular weight is 214 g/mol. The molecule has 1 nitrogen and oxygen atoms in total. The van der Waals surface area contributed by atoms with Gasteiger partial charge in [-0.25, -0.2) is 0 Å². The van der Waals surface area contributed by atoms with E-state index in [2.05, 4.69) is 18.5 Å². The van der Waals surface area contributed by atoms with E-state index in [1.54, 1.807) is 0 Å². The van der Waals surface area contributed by atoms with Gasteiger partial charge in [-0.2, -0.15) is 0 Å². The van der Waals surface area contributed by atoms with E-state index in [1.165, 1.54) is 0 Å². The van der Waals surface area contributed by atoms with Crippen molar-refractivity contribution in [2.24, 2.45) is 0 Å². The summed E-state index contributed by atoms with van der Waals surface area (Å²) in [5.74, 6) is 0. The normalized spacial score (nSPS) is 8.45. The predicted molar refractivity (Wildman–Crippen MR) is 54.0 cm³/mol. The predicted octanol–water partition coefficient (Wildman–Crippen LogP) is 2.86. The highest BCUT2D eigenvalue weighted by atomic mass is 79.9. The van der Waals surface area contributed by atoms with Crippen molar-refractivity contribution >= 4 is 23.1 Å². The molecule has 0 aliphatic heterocycles. The molecule has 0 aromatic carbocycles. The van der Waals surface area contributed by atoms with E-state index in [1.807, 2.05) is 24.4 Å². The summed E-state index contributed by atoms with van der Waals surface area (Å²) in [4.78, 5) is 4.16. The van der Waals surface area contributed by atoms with E-state index in [4.69, 9.17) is 0 Å². The molecule has 0 atom stereocenters. The molecule has 0 aliphatic rings. The molecule has 1 aromatic heterocycles. The van der Waals surface area contributed by atoms with Crippen molar-refractivity contribution < 1.29 is 0 Å². The van der Waals surface area contributed by atoms with Gasteiger partial charge in [0.25, 0.3) is 0 Å². The van der Waals surface area contributed by atoms with Crippen molar-refractivity contribution in [2.75, 3.05) is 0 Å². The van der Waals surface area contributed by atoms with Gasteiger partial charge in [-0.1, -0.05) is 19.6 Å². The van der Waals surface area contributed by atoms with E-state index in [0.29, 0.717) is 0 Å². The van der Waals surface area contributed by atoms with Gasteiger partial charge in [0.1, 0.15) is 0 Å². The van der Waals surface area contributed by atoms with Crippen LogP contribution in [0.3, 0.4) is 0 Å². The summed E-state index contributed by atoms with van der Waals surface area (Å²) in [6.07, 6.45) is 4.64. The van der Waals surface area contributed by atoms with Crippen LogP contribution in [0.5, 0.6) is 0 Å². The lowest BCUT2D eigenvalue weighted by molar-refractivity contribution is 1.03. The van der Waals surface area contributed by atoms with Gasteiger partial charge in [-0.05, 0) is 24.1 Å². The molecule has 0 saturated carbocycles. The van der Waals surface area contributed by atoms with Crippen LogP contribution < -0.4 is 0 Å². The van der Waals surface area contributed by atoms with Gasteiger partial charge < -0.3 is 0 Å². The standard InChI is InChI=1S/C9H11N.BrH/c1-3-8-5-6-10-9(4-2)7-8;/h3,5-7H,1,4H2,2H3;1H. The minimum atomic E-state index is 0. The Labute approximate surface area is 77.9 Å². The second kappa shape index (κ2) is 5.08. The SMILES string of the molecule is Br.C=Cc1ccnc(CC)c1. The summed E-state index contributed by atoms with van der Waals surface area (Å²) in [5, 5.41) is 0. The van der Waals surface area contributed by atoms with Gasteiger partial charge >= 0.3 is 0 Å².